The Hall–Kier alpha value is -1.56. The van der Waals surface area contributed by atoms with Gasteiger partial charge in [-0.25, -0.2) is 8.42 Å². The topological polar surface area (TPSA) is 74.7 Å². The molecule has 0 atom stereocenters. The Labute approximate surface area is 120 Å². The Balaban J connectivity index is 2.92. The van der Waals surface area contributed by atoms with Crippen LogP contribution in [0.3, 0.4) is 0 Å². The predicted octanol–water partition coefficient (Wildman–Crippen LogP) is 2.17. The van der Waals surface area contributed by atoms with Crippen molar-refractivity contribution in [2.24, 2.45) is 0 Å². The second-order valence-electron chi connectivity index (χ2n) is 4.71. The largest absolute Gasteiger partial charge is 0.481 e. The molecule has 112 valence electrons. The molecule has 20 heavy (non-hydrogen) atoms. The van der Waals surface area contributed by atoms with Gasteiger partial charge in [-0.2, -0.15) is 0 Å². The van der Waals surface area contributed by atoms with Crippen molar-refractivity contribution in [2.45, 2.75) is 31.1 Å². The summed E-state index contributed by atoms with van der Waals surface area (Å²) in [5.74, 6) is -0.724. The lowest BCUT2D eigenvalue weighted by atomic mass is 10.2. The highest BCUT2D eigenvalue weighted by molar-refractivity contribution is 7.91. The lowest BCUT2D eigenvalue weighted by Gasteiger charge is -2.22. The van der Waals surface area contributed by atoms with E-state index in [1.54, 1.807) is 36.2 Å². The molecular formula is C14H21NO4S. The monoisotopic (exact) mass is 299 g/mol. The van der Waals surface area contributed by atoms with Gasteiger partial charge >= 0.3 is 5.97 Å². The second-order valence-corrected chi connectivity index (χ2v) is 6.78. The third-order valence-corrected chi connectivity index (χ3v) is 4.93. The Morgan fingerprint density at radius 2 is 1.95 bits per heavy atom. The third kappa shape index (κ3) is 4.52. The number of rotatable bonds is 8. The Morgan fingerprint density at radius 3 is 2.55 bits per heavy atom. The number of sulfone groups is 1. The molecule has 0 aliphatic heterocycles. The first-order valence-corrected chi connectivity index (χ1v) is 8.28. The number of aliphatic carboxylic acids is 1. The van der Waals surface area contributed by atoms with Crippen LogP contribution in [0.15, 0.2) is 29.2 Å². The molecule has 6 heteroatoms. The van der Waals surface area contributed by atoms with E-state index in [-0.39, 0.29) is 12.2 Å². The van der Waals surface area contributed by atoms with Crippen LogP contribution in [0.1, 0.15) is 26.2 Å². The van der Waals surface area contributed by atoms with Gasteiger partial charge in [-0.1, -0.05) is 19.1 Å². The number of anilines is 1. The number of carboxylic acid groups (broad SMARTS) is 1. The lowest BCUT2D eigenvalue weighted by Crippen LogP contribution is -2.22. The van der Waals surface area contributed by atoms with Gasteiger partial charge in [0.15, 0.2) is 9.84 Å². The van der Waals surface area contributed by atoms with Crippen molar-refractivity contribution in [3.8, 4) is 0 Å². The highest BCUT2D eigenvalue weighted by Gasteiger charge is 2.19. The molecule has 0 saturated heterocycles. The number of hydrogen-bond acceptors (Lipinski definition) is 4. The van der Waals surface area contributed by atoms with E-state index in [1.807, 2.05) is 6.92 Å². The molecule has 0 bridgehead atoms. The second kappa shape index (κ2) is 7.28. The SMILES string of the molecule is CCCS(=O)(=O)c1ccccc1N(C)CCCC(=O)O. The van der Waals surface area contributed by atoms with Gasteiger partial charge < -0.3 is 10.0 Å². The minimum absolute atomic E-state index is 0.0776. The smallest absolute Gasteiger partial charge is 0.303 e. The van der Waals surface area contributed by atoms with Crippen molar-refractivity contribution in [2.75, 3.05) is 24.2 Å². The highest BCUT2D eigenvalue weighted by atomic mass is 32.2. The molecule has 1 aromatic rings. The Kier molecular flexibility index (Phi) is 6.01. The molecule has 0 fully saturated rings. The average Bonchev–Trinajstić information content (AvgIpc) is 2.38. The lowest BCUT2D eigenvalue weighted by molar-refractivity contribution is -0.137. The van der Waals surface area contributed by atoms with E-state index >= 15 is 0 Å². The van der Waals surface area contributed by atoms with Gasteiger partial charge in [-0.15, -0.1) is 0 Å². The maximum absolute atomic E-state index is 12.2. The first kappa shape index (κ1) is 16.5. The minimum Gasteiger partial charge on any atom is -0.481 e. The molecule has 1 aromatic carbocycles. The zero-order chi connectivity index (χ0) is 15.2. The fourth-order valence-electron chi connectivity index (χ4n) is 2.00. The van der Waals surface area contributed by atoms with E-state index < -0.39 is 15.8 Å². The maximum atomic E-state index is 12.2. The number of para-hydroxylation sites is 1. The Morgan fingerprint density at radius 1 is 1.30 bits per heavy atom. The minimum atomic E-state index is -3.29. The summed E-state index contributed by atoms with van der Waals surface area (Å²) in [5.41, 5.74) is 0.631. The van der Waals surface area contributed by atoms with E-state index in [9.17, 15) is 13.2 Å². The Bertz CT molecular complexity index is 554. The summed E-state index contributed by atoms with van der Waals surface area (Å²) < 4.78 is 24.4. The van der Waals surface area contributed by atoms with Crippen LogP contribution in [0, 0.1) is 0 Å². The number of nitrogens with zero attached hydrogens (tertiary/aromatic N) is 1. The summed E-state index contributed by atoms with van der Waals surface area (Å²) in [6.07, 6.45) is 1.13. The molecule has 0 aromatic heterocycles. The quantitative estimate of drug-likeness (QED) is 0.796. The first-order valence-electron chi connectivity index (χ1n) is 6.63. The molecular weight excluding hydrogens is 278 g/mol. The van der Waals surface area contributed by atoms with Gasteiger partial charge in [0.1, 0.15) is 0 Å². The van der Waals surface area contributed by atoms with Gasteiger partial charge in [-0.3, -0.25) is 4.79 Å². The van der Waals surface area contributed by atoms with Crippen LogP contribution in [0.4, 0.5) is 5.69 Å². The van der Waals surface area contributed by atoms with E-state index in [0.29, 0.717) is 30.0 Å². The molecule has 0 saturated carbocycles. The standard InChI is InChI=1S/C14H21NO4S/c1-3-11-20(18,19)13-8-5-4-7-12(13)15(2)10-6-9-14(16)17/h4-5,7-8H,3,6,9-11H2,1-2H3,(H,16,17). The molecule has 0 radical (unpaired) electrons. The van der Waals surface area contributed by atoms with Crippen molar-refractivity contribution in [3.63, 3.8) is 0 Å². The van der Waals surface area contributed by atoms with Crippen LogP contribution < -0.4 is 4.90 Å². The summed E-state index contributed by atoms with van der Waals surface area (Å²) in [6.45, 7) is 2.34. The van der Waals surface area contributed by atoms with Crippen molar-refractivity contribution < 1.29 is 18.3 Å². The van der Waals surface area contributed by atoms with E-state index in [2.05, 4.69) is 0 Å². The zero-order valence-electron chi connectivity index (χ0n) is 11.9. The van der Waals surface area contributed by atoms with E-state index in [4.69, 9.17) is 5.11 Å². The third-order valence-electron chi connectivity index (χ3n) is 2.97. The molecule has 0 aliphatic rings. The van der Waals surface area contributed by atoms with Gasteiger partial charge in [-0.05, 0) is 25.0 Å². The highest BCUT2D eigenvalue weighted by Crippen LogP contribution is 2.25. The molecule has 0 spiro atoms. The molecule has 0 amide bonds. The van der Waals surface area contributed by atoms with Crippen LogP contribution in [0.5, 0.6) is 0 Å². The molecule has 5 nitrogen and oxygen atoms in total. The van der Waals surface area contributed by atoms with Crippen molar-refractivity contribution >= 4 is 21.5 Å². The summed E-state index contributed by atoms with van der Waals surface area (Å²) >= 11 is 0. The van der Waals surface area contributed by atoms with Crippen molar-refractivity contribution in [1.82, 2.24) is 0 Å². The fraction of sp³-hybridized carbons (Fsp3) is 0.500. The van der Waals surface area contributed by atoms with Crippen LogP contribution in [0.25, 0.3) is 0 Å². The molecule has 0 unspecified atom stereocenters. The van der Waals surface area contributed by atoms with E-state index in [0.717, 1.165) is 0 Å². The number of carbonyl (C=O) groups is 1. The van der Waals surface area contributed by atoms with Crippen LogP contribution in [-0.4, -0.2) is 38.8 Å². The summed E-state index contributed by atoms with van der Waals surface area (Å²) in [6, 6.07) is 6.85. The number of carboxylic acids is 1. The predicted molar refractivity (Wildman–Crippen MR) is 78.9 cm³/mol. The molecule has 1 N–H and O–H groups in total. The first-order chi connectivity index (χ1) is 9.38. The van der Waals surface area contributed by atoms with Crippen LogP contribution in [-0.2, 0) is 14.6 Å². The summed E-state index contributed by atoms with van der Waals surface area (Å²) in [4.78, 5) is 12.6. The molecule has 1 rings (SSSR count). The average molecular weight is 299 g/mol. The van der Waals surface area contributed by atoms with Gasteiger partial charge in [0.25, 0.3) is 0 Å². The summed E-state index contributed by atoms with van der Waals surface area (Å²) in [5, 5.41) is 8.64. The van der Waals surface area contributed by atoms with Crippen LogP contribution >= 0.6 is 0 Å². The van der Waals surface area contributed by atoms with Gasteiger partial charge in [0.05, 0.1) is 16.3 Å². The van der Waals surface area contributed by atoms with Crippen molar-refractivity contribution in [1.29, 1.82) is 0 Å². The van der Waals surface area contributed by atoms with Crippen LogP contribution in [0.2, 0.25) is 0 Å². The van der Waals surface area contributed by atoms with Gasteiger partial charge in [0, 0.05) is 20.0 Å². The van der Waals surface area contributed by atoms with E-state index in [1.165, 1.54) is 0 Å². The summed E-state index contributed by atoms with van der Waals surface area (Å²) in [7, 11) is -1.51. The number of hydrogen-bond donors (Lipinski definition) is 1. The van der Waals surface area contributed by atoms with Gasteiger partial charge in [0.2, 0.25) is 0 Å². The fourth-order valence-corrected chi connectivity index (χ4v) is 3.59. The molecule has 0 heterocycles. The maximum Gasteiger partial charge on any atom is 0.303 e. The normalized spacial score (nSPS) is 11.3. The molecule has 0 aliphatic carbocycles. The van der Waals surface area contributed by atoms with Crippen molar-refractivity contribution in [3.05, 3.63) is 24.3 Å². The number of benzene rings is 1. The zero-order valence-corrected chi connectivity index (χ0v) is 12.7.